The number of benzene rings is 2. The summed E-state index contributed by atoms with van der Waals surface area (Å²) in [5, 5.41) is 14.7. The lowest BCUT2D eigenvalue weighted by Crippen LogP contribution is -2.33. The Hall–Kier alpha value is -2.72. The van der Waals surface area contributed by atoms with Crippen molar-refractivity contribution < 1.29 is 9.90 Å². The summed E-state index contributed by atoms with van der Waals surface area (Å²) in [5.41, 5.74) is 1.94. The lowest BCUT2D eigenvalue weighted by molar-refractivity contribution is -0.120. The summed E-state index contributed by atoms with van der Waals surface area (Å²) in [6.07, 6.45) is 2.72. The van der Waals surface area contributed by atoms with Gasteiger partial charge in [0.2, 0.25) is 5.91 Å². The number of aliphatic hydroxyl groups excluding tert-OH is 1. The lowest BCUT2D eigenvalue weighted by Gasteiger charge is -2.15. The SMILES string of the molecule is O=C(Cc1cccc2ccccc12)NCC(CO)Cc1ccccn1. The van der Waals surface area contributed by atoms with Gasteiger partial charge in [0.15, 0.2) is 0 Å². The Kier molecular flexibility index (Phi) is 5.75. The van der Waals surface area contributed by atoms with Gasteiger partial charge in [-0.15, -0.1) is 0 Å². The van der Waals surface area contributed by atoms with Gasteiger partial charge in [-0.05, 0) is 34.9 Å². The molecule has 3 aromatic rings. The van der Waals surface area contributed by atoms with E-state index in [9.17, 15) is 9.90 Å². The van der Waals surface area contributed by atoms with Crippen LogP contribution in [0.3, 0.4) is 0 Å². The van der Waals surface area contributed by atoms with Crippen molar-refractivity contribution in [3.63, 3.8) is 0 Å². The largest absolute Gasteiger partial charge is 0.396 e. The third-order valence-electron chi connectivity index (χ3n) is 4.30. The molecule has 0 spiro atoms. The van der Waals surface area contributed by atoms with Gasteiger partial charge in [0.1, 0.15) is 0 Å². The van der Waals surface area contributed by atoms with E-state index < -0.39 is 0 Å². The van der Waals surface area contributed by atoms with Crippen LogP contribution < -0.4 is 5.32 Å². The van der Waals surface area contributed by atoms with Gasteiger partial charge < -0.3 is 10.4 Å². The van der Waals surface area contributed by atoms with Crippen LogP contribution in [0.15, 0.2) is 66.9 Å². The number of carbonyl (C=O) groups excluding carboxylic acids is 1. The van der Waals surface area contributed by atoms with Crippen LogP contribution >= 0.6 is 0 Å². The quantitative estimate of drug-likeness (QED) is 0.698. The molecule has 1 atom stereocenters. The van der Waals surface area contributed by atoms with Gasteiger partial charge in [-0.2, -0.15) is 0 Å². The average Bonchev–Trinajstić information content (AvgIpc) is 2.66. The fourth-order valence-electron chi connectivity index (χ4n) is 2.96. The van der Waals surface area contributed by atoms with E-state index in [1.165, 1.54) is 0 Å². The summed E-state index contributed by atoms with van der Waals surface area (Å²) >= 11 is 0. The number of amides is 1. The molecule has 0 saturated heterocycles. The smallest absolute Gasteiger partial charge is 0.224 e. The molecule has 3 rings (SSSR count). The molecule has 0 saturated carbocycles. The third-order valence-corrected chi connectivity index (χ3v) is 4.30. The molecule has 0 aliphatic rings. The Bertz CT molecular complexity index is 828. The van der Waals surface area contributed by atoms with E-state index in [4.69, 9.17) is 0 Å². The Morgan fingerprint density at radius 1 is 1.04 bits per heavy atom. The van der Waals surface area contributed by atoms with E-state index in [1.807, 2.05) is 60.7 Å². The molecule has 128 valence electrons. The molecule has 0 bridgehead atoms. The van der Waals surface area contributed by atoms with Gasteiger partial charge in [0.25, 0.3) is 0 Å². The first-order valence-corrected chi connectivity index (χ1v) is 8.50. The first-order valence-electron chi connectivity index (χ1n) is 8.50. The van der Waals surface area contributed by atoms with Crippen LogP contribution in [-0.2, 0) is 17.6 Å². The lowest BCUT2D eigenvalue weighted by atomic mass is 10.0. The topological polar surface area (TPSA) is 62.2 Å². The van der Waals surface area contributed by atoms with Gasteiger partial charge in [0.05, 0.1) is 6.42 Å². The fourth-order valence-corrected chi connectivity index (χ4v) is 2.96. The summed E-state index contributed by atoms with van der Waals surface area (Å²) in [5.74, 6) is -0.0674. The zero-order valence-electron chi connectivity index (χ0n) is 14.1. The molecule has 0 aliphatic carbocycles. The van der Waals surface area contributed by atoms with Crippen molar-refractivity contribution in [1.82, 2.24) is 10.3 Å². The predicted octanol–water partition coefficient (Wildman–Crippen LogP) is 2.74. The van der Waals surface area contributed by atoms with Crippen molar-refractivity contribution in [1.29, 1.82) is 0 Å². The van der Waals surface area contributed by atoms with Crippen LogP contribution in [0.25, 0.3) is 10.8 Å². The van der Waals surface area contributed by atoms with Crippen molar-refractivity contribution in [2.45, 2.75) is 12.8 Å². The summed E-state index contributed by atoms with van der Waals surface area (Å²) in [6.45, 7) is 0.460. The molecule has 1 unspecified atom stereocenters. The number of nitrogens with zero attached hydrogens (tertiary/aromatic N) is 1. The highest BCUT2D eigenvalue weighted by Crippen LogP contribution is 2.18. The summed E-state index contributed by atoms with van der Waals surface area (Å²) in [7, 11) is 0. The Labute approximate surface area is 147 Å². The van der Waals surface area contributed by atoms with E-state index in [0.717, 1.165) is 22.0 Å². The van der Waals surface area contributed by atoms with Crippen LogP contribution in [0.4, 0.5) is 0 Å². The van der Waals surface area contributed by atoms with Gasteiger partial charge in [-0.3, -0.25) is 9.78 Å². The second-order valence-corrected chi connectivity index (χ2v) is 6.19. The predicted molar refractivity (Wildman–Crippen MR) is 99.2 cm³/mol. The fraction of sp³-hybridized carbons (Fsp3) is 0.238. The number of hydrogen-bond donors (Lipinski definition) is 2. The molecule has 1 aromatic heterocycles. The number of aliphatic hydroxyl groups is 1. The molecular formula is C21H22N2O2. The van der Waals surface area contributed by atoms with Gasteiger partial charge in [-0.25, -0.2) is 0 Å². The second-order valence-electron chi connectivity index (χ2n) is 6.19. The summed E-state index contributed by atoms with van der Waals surface area (Å²) < 4.78 is 0. The molecule has 4 heteroatoms. The van der Waals surface area contributed by atoms with Crippen molar-refractivity contribution in [2.75, 3.05) is 13.2 Å². The molecule has 0 fully saturated rings. The van der Waals surface area contributed by atoms with E-state index in [-0.39, 0.29) is 18.4 Å². The maximum Gasteiger partial charge on any atom is 0.224 e. The van der Waals surface area contributed by atoms with Crippen molar-refractivity contribution >= 4 is 16.7 Å². The third kappa shape index (κ3) is 4.64. The molecule has 0 radical (unpaired) electrons. The van der Waals surface area contributed by atoms with Crippen molar-refractivity contribution in [3.8, 4) is 0 Å². The van der Waals surface area contributed by atoms with Crippen LogP contribution in [0, 0.1) is 5.92 Å². The highest BCUT2D eigenvalue weighted by atomic mass is 16.3. The number of rotatable bonds is 7. The van der Waals surface area contributed by atoms with Crippen LogP contribution in [0.5, 0.6) is 0 Å². The second kappa shape index (κ2) is 8.40. The molecule has 1 heterocycles. The monoisotopic (exact) mass is 334 g/mol. The molecule has 0 aliphatic heterocycles. The zero-order chi connectivity index (χ0) is 17.5. The normalized spacial score (nSPS) is 12.0. The molecular weight excluding hydrogens is 312 g/mol. The van der Waals surface area contributed by atoms with Crippen molar-refractivity contribution in [3.05, 3.63) is 78.1 Å². The minimum absolute atomic E-state index is 0.0190. The number of carbonyl (C=O) groups is 1. The molecule has 25 heavy (non-hydrogen) atoms. The van der Waals surface area contributed by atoms with Gasteiger partial charge in [0, 0.05) is 31.0 Å². The van der Waals surface area contributed by atoms with Crippen LogP contribution in [0.2, 0.25) is 0 Å². The van der Waals surface area contributed by atoms with Crippen molar-refractivity contribution in [2.24, 2.45) is 5.92 Å². The van der Waals surface area contributed by atoms with E-state index in [1.54, 1.807) is 6.20 Å². The minimum Gasteiger partial charge on any atom is -0.396 e. The number of nitrogens with one attached hydrogen (secondary N) is 1. The molecule has 4 nitrogen and oxygen atoms in total. The summed E-state index contributed by atoms with van der Waals surface area (Å²) in [6, 6.07) is 19.8. The maximum atomic E-state index is 12.3. The first kappa shape index (κ1) is 17.1. The minimum atomic E-state index is -0.0358. The number of aromatic nitrogens is 1. The maximum absolute atomic E-state index is 12.3. The Balaban J connectivity index is 1.58. The van der Waals surface area contributed by atoms with Crippen LogP contribution in [-0.4, -0.2) is 29.1 Å². The van der Waals surface area contributed by atoms with Gasteiger partial charge in [-0.1, -0.05) is 48.5 Å². The number of hydrogen-bond acceptors (Lipinski definition) is 3. The first-order chi connectivity index (χ1) is 12.3. The number of fused-ring (bicyclic) bond motifs is 1. The van der Waals surface area contributed by atoms with Crippen LogP contribution in [0.1, 0.15) is 11.3 Å². The van der Waals surface area contributed by atoms with E-state index >= 15 is 0 Å². The zero-order valence-corrected chi connectivity index (χ0v) is 14.1. The Morgan fingerprint density at radius 3 is 2.64 bits per heavy atom. The van der Waals surface area contributed by atoms with E-state index in [2.05, 4.69) is 10.3 Å². The summed E-state index contributed by atoms with van der Waals surface area (Å²) in [4.78, 5) is 16.6. The molecule has 2 N–H and O–H groups in total. The molecule has 1 amide bonds. The Morgan fingerprint density at radius 2 is 1.84 bits per heavy atom. The standard InChI is InChI=1S/C21H22N2O2/c24-15-16(12-19-9-3-4-11-22-19)14-23-21(25)13-18-8-5-7-17-6-1-2-10-20(17)18/h1-11,16,24H,12-15H2,(H,23,25). The highest BCUT2D eigenvalue weighted by molar-refractivity contribution is 5.90. The van der Waals surface area contributed by atoms with E-state index in [0.29, 0.717) is 19.4 Å². The average molecular weight is 334 g/mol. The highest BCUT2D eigenvalue weighted by Gasteiger charge is 2.12. The number of pyridine rings is 1. The molecule has 2 aromatic carbocycles. The van der Waals surface area contributed by atoms with Gasteiger partial charge >= 0.3 is 0 Å².